The summed E-state index contributed by atoms with van der Waals surface area (Å²) in [5.74, 6) is 0.264. The molecule has 0 unspecified atom stereocenters. The topological polar surface area (TPSA) is 30.5 Å². The minimum Gasteiger partial charge on any atom is -0.496 e. The van der Waals surface area contributed by atoms with Crippen molar-refractivity contribution in [2.45, 2.75) is 24.9 Å². The lowest BCUT2D eigenvalue weighted by molar-refractivity contribution is -0.138. The maximum atomic E-state index is 13.0. The number of piperidine rings is 1. The second kappa shape index (κ2) is 7.22. The van der Waals surface area contributed by atoms with Crippen LogP contribution in [0.4, 0.5) is 13.2 Å². The molecule has 0 bridgehead atoms. The van der Waals surface area contributed by atoms with Gasteiger partial charge in [-0.2, -0.15) is 13.2 Å². The molecule has 0 amide bonds. The second-order valence-electron chi connectivity index (χ2n) is 4.84. The zero-order chi connectivity index (χ0) is 14.8. The van der Waals surface area contributed by atoms with E-state index < -0.39 is 11.7 Å². The first-order valence-electron chi connectivity index (χ1n) is 6.51. The summed E-state index contributed by atoms with van der Waals surface area (Å²) in [5, 5.41) is 3.25. The van der Waals surface area contributed by atoms with Gasteiger partial charge in [0.1, 0.15) is 17.1 Å². The van der Waals surface area contributed by atoms with Gasteiger partial charge in [0.2, 0.25) is 0 Å². The van der Waals surface area contributed by atoms with Crippen molar-refractivity contribution in [3.63, 3.8) is 0 Å². The van der Waals surface area contributed by atoms with Gasteiger partial charge in [-0.3, -0.25) is 0 Å². The van der Waals surface area contributed by atoms with Crippen LogP contribution >= 0.6 is 12.4 Å². The van der Waals surface area contributed by atoms with Gasteiger partial charge in [0.15, 0.2) is 0 Å². The third kappa shape index (κ3) is 3.95. The highest BCUT2D eigenvalue weighted by atomic mass is 35.5. The van der Waals surface area contributed by atoms with E-state index in [1.54, 1.807) is 0 Å². The van der Waals surface area contributed by atoms with E-state index in [2.05, 4.69) is 5.32 Å². The number of nitrogens with one attached hydrogen (secondary N) is 1. The van der Waals surface area contributed by atoms with Crippen LogP contribution in [0.1, 0.15) is 29.9 Å². The molecule has 1 saturated heterocycles. The van der Waals surface area contributed by atoms with Crippen molar-refractivity contribution in [1.29, 1.82) is 0 Å². The Balaban J connectivity index is 0.00000220. The Morgan fingerprint density at radius 2 is 1.81 bits per heavy atom. The van der Waals surface area contributed by atoms with Crippen LogP contribution in [-0.4, -0.2) is 27.3 Å². The van der Waals surface area contributed by atoms with Crippen LogP contribution in [0.3, 0.4) is 0 Å². The highest BCUT2D eigenvalue weighted by molar-refractivity contribution is 5.85. The smallest absolute Gasteiger partial charge is 0.420 e. The van der Waals surface area contributed by atoms with Crippen molar-refractivity contribution in [2.75, 3.05) is 27.3 Å². The van der Waals surface area contributed by atoms with E-state index in [-0.39, 0.29) is 29.8 Å². The molecule has 7 heteroatoms. The largest absolute Gasteiger partial charge is 0.496 e. The van der Waals surface area contributed by atoms with E-state index in [1.165, 1.54) is 20.3 Å². The lowest BCUT2D eigenvalue weighted by Gasteiger charge is -2.26. The van der Waals surface area contributed by atoms with Gasteiger partial charge in [-0.05, 0) is 31.5 Å². The molecule has 120 valence electrons. The van der Waals surface area contributed by atoms with E-state index in [0.29, 0.717) is 0 Å². The number of benzene rings is 1. The number of alkyl halides is 3. The molecule has 1 aromatic rings. The van der Waals surface area contributed by atoms with E-state index in [1.807, 2.05) is 0 Å². The van der Waals surface area contributed by atoms with E-state index in [4.69, 9.17) is 9.47 Å². The molecule has 1 fully saturated rings. The number of hydrogen-bond donors (Lipinski definition) is 1. The molecule has 0 spiro atoms. The summed E-state index contributed by atoms with van der Waals surface area (Å²) >= 11 is 0. The molecule has 0 aliphatic carbocycles. The van der Waals surface area contributed by atoms with Crippen LogP contribution in [0.2, 0.25) is 0 Å². The highest BCUT2D eigenvalue weighted by Gasteiger charge is 2.36. The standard InChI is InChI=1S/C14H18F3NO2.ClH/c1-19-12-7-11(14(15,16)17)13(20-2)6-10(12)9-4-3-5-18-8-9;/h6-7,9,18H,3-5,8H2,1-2H3;1H/t9-;/m1./s1. The average Bonchev–Trinajstić information content (AvgIpc) is 2.45. The summed E-state index contributed by atoms with van der Waals surface area (Å²) in [5.41, 5.74) is -0.0334. The molecule has 0 saturated carbocycles. The lowest BCUT2D eigenvalue weighted by Crippen LogP contribution is -2.28. The van der Waals surface area contributed by atoms with E-state index >= 15 is 0 Å². The minimum absolute atomic E-state index is 0. The van der Waals surface area contributed by atoms with Crippen molar-refractivity contribution in [2.24, 2.45) is 0 Å². The highest BCUT2D eigenvalue weighted by Crippen LogP contribution is 2.42. The Hall–Kier alpha value is -1.14. The number of ether oxygens (including phenoxy) is 2. The molecule has 0 aromatic heterocycles. The summed E-state index contributed by atoms with van der Waals surface area (Å²) in [6.45, 7) is 1.68. The molecule has 1 aliphatic heterocycles. The zero-order valence-corrected chi connectivity index (χ0v) is 12.7. The number of hydrogen-bond acceptors (Lipinski definition) is 3. The van der Waals surface area contributed by atoms with Gasteiger partial charge in [0, 0.05) is 18.0 Å². The molecule has 1 atom stereocenters. The fourth-order valence-electron chi connectivity index (χ4n) is 2.58. The van der Waals surface area contributed by atoms with Gasteiger partial charge in [0.25, 0.3) is 0 Å². The number of halogens is 4. The Morgan fingerprint density at radius 3 is 2.29 bits per heavy atom. The molecule has 3 nitrogen and oxygen atoms in total. The Kier molecular flexibility index (Phi) is 6.16. The third-order valence-electron chi connectivity index (χ3n) is 3.59. The molecule has 0 radical (unpaired) electrons. The van der Waals surface area contributed by atoms with Crippen molar-refractivity contribution < 1.29 is 22.6 Å². The van der Waals surface area contributed by atoms with Gasteiger partial charge < -0.3 is 14.8 Å². The van der Waals surface area contributed by atoms with Gasteiger partial charge in [-0.15, -0.1) is 12.4 Å². The maximum Gasteiger partial charge on any atom is 0.420 e. The zero-order valence-electron chi connectivity index (χ0n) is 11.9. The third-order valence-corrected chi connectivity index (χ3v) is 3.59. The predicted molar refractivity (Wildman–Crippen MR) is 76.6 cm³/mol. The summed E-state index contributed by atoms with van der Waals surface area (Å²) in [6, 6.07) is 2.49. The Morgan fingerprint density at radius 1 is 1.14 bits per heavy atom. The van der Waals surface area contributed by atoms with Gasteiger partial charge >= 0.3 is 6.18 Å². The van der Waals surface area contributed by atoms with Gasteiger partial charge in [-0.1, -0.05) is 0 Å². The summed E-state index contributed by atoms with van der Waals surface area (Å²) < 4.78 is 49.0. The fraction of sp³-hybridized carbons (Fsp3) is 0.571. The first-order chi connectivity index (χ1) is 9.47. The van der Waals surface area contributed by atoms with Crippen LogP contribution in [0.25, 0.3) is 0 Å². The van der Waals surface area contributed by atoms with Crippen LogP contribution in [0, 0.1) is 0 Å². The summed E-state index contributed by atoms with van der Waals surface area (Å²) in [4.78, 5) is 0. The van der Waals surface area contributed by atoms with Crippen molar-refractivity contribution >= 4 is 12.4 Å². The normalized spacial score (nSPS) is 18.8. The van der Waals surface area contributed by atoms with Crippen LogP contribution in [0.15, 0.2) is 12.1 Å². The van der Waals surface area contributed by atoms with E-state index in [9.17, 15) is 13.2 Å². The quantitative estimate of drug-likeness (QED) is 0.921. The first-order valence-corrected chi connectivity index (χ1v) is 6.51. The van der Waals surface area contributed by atoms with E-state index in [0.717, 1.165) is 37.6 Å². The fourth-order valence-corrected chi connectivity index (χ4v) is 2.58. The minimum atomic E-state index is -4.46. The molecular formula is C14H19ClF3NO2. The number of rotatable bonds is 3. The monoisotopic (exact) mass is 325 g/mol. The molecule has 1 aromatic carbocycles. The SMILES string of the molecule is COc1cc(C(F)(F)F)c(OC)cc1[C@@H]1CCCNC1.Cl. The molecule has 1 aliphatic rings. The van der Waals surface area contributed by atoms with Crippen LogP contribution in [-0.2, 0) is 6.18 Å². The molecule has 21 heavy (non-hydrogen) atoms. The molecule has 2 rings (SSSR count). The summed E-state index contributed by atoms with van der Waals surface area (Å²) in [6.07, 6.45) is -2.53. The predicted octanol–water partition coefficient (Wildman–Crippen LogP) is 3.61. The lowest BCUT2D eigenvalue weighted by atomic mass is 9.90. The van der Waals surface area contributed by atoms with Gasteiger partial charge in [0.05, 0.1) is 14.2 Å². The van der Waals surface area contributed by atoms with Crippen molar-refractivity contribution in [1.82, 2.24) is 5.32 Å². The second-order valence-corrected chi connectivity index (χ2v) is 4.84. The number of methoxy groups -OCH3 is 2. The average molecular weight is 326 g/mol. The maximum absolute atomic E-state index is 13.0. The van der Waals surface area contributed by atoms with Crippen LogP contribution in [0.5, 0.6) is 11.5 Å². The van der Waals surface area contributed by atoms with Crippen molar-refractivity contribution in [3.05, 3.63) is 23.3 Å². The van der Waals surface area contributed by atoms with Crippen LogP contribution < -0.4 is 14.8 Å². The van der Waals surface area contributed by atoms with Gasteiger partial charge in [-0.25, -0.2) is 0 Å². The molecule has 1 N–H and O–H groups in total. The Bertz CT molecular complexity index is 474. The first kappa shape index (κ1) is 17.9. The Labute approximate surface area is 128 Å². The van der Waals surface area contributed by atoms with Crippen molar-refractivity contribution in [3.8, 4) is 11.5 Å². The molecule has 1 heterocycles. The summed E-state index contributed by atoms with van der Waals surface area (Å²) in [7, 11) is 2.64. The molecular weight excluding hydrogens is 307 g/mol.